The molecular formula is C23H23N7O2S. The minimum atomic E-state index is -0.259. The molecule has 0 radical (unpaired) electrons. The molecule has 0 saturated heterocycles. The number of tetrazole rings is 1. The van der Waals surface area contributed by atoms with Gasteiger partial charge in [-0.3, -0.25) is 4.79 Å². The van der Waals surface area contributed by atoms with Crippen LogP contribution in [0.5, 0.6) is 0 Å². The van der Waals surface area contributed by atoms with Gasteiger partial charge in [-0.2, -0.15) is 9.94 Å². The van der Waals surface area contributed by atoms with Gasteiger partial charge in [0.05, 0.1) is 29.8 Å². The molecule has 1 aromatic carbocycles. The molecule has 3 heterocycles. The summed E-state index contributed by atoms with van der Waals surface area (Å²) in [5, 5.41) is 25.0. The molecule has 0 aliphatic heterocycles. The highest BCUT2D eigenvalue weighted by atomic mass is 32.2. The summed E-state index contributed by atoms with van der Waals surface area (Å²) in [6.07, 6.45) is 1.60. The largest absolute Gasteiger partial charge is 0.467 e. The number of thioether (sulfide) groups is 1. The number of rotatable bonds is 7. The van der Waals surface area contributed by atoms with Crippen LogP contribution in [0.3, 0.4) is 0 Å². The Balaban J connectivity index is 1.52. The number of anilines is 1. The van der Waals surface area contributed by atoms with Crippen molar-refractivity contribution in [3.63, 3.8) is 0 Å². The lowest BCUT2D eigenvalue weighted by Gasteiger charge is -2.12. The van der Waals surface area contributed by atoms with Crippen molar-refractivity contribution in [2.45, 2.75) is 39.4 Å². The number of benzene rings is 1. The number of nitrogens with zero attached hydrogens (tertiary/aromatic N) is 6. The van der Waals surface area contributed by atoms with E-state index in [0.29, 0.717) is 23.1 Å². The van der Waals surface area contributed by atoms with Crippen LogP contribution in [0.4, 0.5) is 5.82 Å². The van der Waals surface area contributed by atoms with Crippen molar-refractivity contribution in [2.75, 3.05) is 11.1 Å². The van der Waals surface area contributed by atoms with Crippen molar-refractivity contribution in [1.82, 2.24) is 24.8 Å². The summed E-state index contributed by atoms with van der Waals surface area (Å²) in [7, 11) is 0. The third-order valence-electron chi connectivity index (χ3n) is 5.45. The lowest BCUT2D eigenvalue weighted by atomic mass is 10.1. The Kier molecular flexibility index (Phi) is 6.33. The van der Waals surface area contributed by atoms with E-state index in [1.165, 1.54) is 11.8 Å². The topological polar surface area (TPSA) is 115 Å². The first-order valence-corrected chi connectivity index (χ1v) is 11.3. The van der Waals surface area contributed by atoms with Crippen LogP contribution >= 0.6 is 11.8 Å². The highest BCUT2D eigenvalue weighted by molar-refractivity contribution is 7.99. The first-order valence-electron chi connectivity index (χ1n) is 10.3. The number of hydrogen-bond donors (Lipinski definition) is 1. The van der Waals surface area contributed by atoms with Crippen LogP contribution in [0.15, 0.2) is 46.2 Å². The normalized spacial score (nSPS) is 10.9. The van der Waals surface area contributed by atoms with Gasteiger partial charge in [0.1, 0.15) is 17.6 Å². The van der Waals surface area contributed by atoms with Gasteiger partial charge in [-0.05, 0) is 67.4 Å². The maximum atomic E-state index is 12.9. The van der Waals surface area contributed by atoms with E-state index in [0.717, 1.165) is 33.8 Å². The SMILES string of the molecule is Cc1ccc(-n2nnnc2SCC(=O)Nc2c(C#N)c(C)c(C)n2Cc2ccco2)c(C)c1. The van der Waals surface area contributed by atoms with E-state index in [2.05, 4.69) is 33.0 Å². The summed E-state index contributed by atoms with van der Waals surface area (Å²) in [4.78, 5) is 12.9. The van der Waals surface area contributed by atoms with Crippen LogP contribution in [-0.2, 0) is 11.3 Å². The zero-order valence-corrected chi connectivity index (χ0v) is 19.6. The van der Waals surface area contributed by atoms with Gasteiger partial charge < -0.3 is 14.3 Å². The lowest BCUT2D eigenvalue weighted by molar-refractivity contribution is -0.113. The number of aryl methyl sites for hydroxylation is 2. The standard InChI is InChI=1S/C23H23N7O2S/c1-14-7-8-20(15(2)10-14)30-23(26-27-28-30)33-13-21(31)25-22-19(11-24)16(3)17(4)29(22)12-18-6-5-9-32-18/h5-10H,12-13H2,1-4H3,(H,25,31). The van der Waals surface area contributed by atoms with Crippen LogP contribution < -0.4 is 5.32 Å². The van der Waals surface area contributed by atoms with Crippen molar-refractivity contribution in [3.05, 3.63) is 70.3 Å². The number of nitrogens with one attached hydrogen (secondary N) is 1. The van der Waals surface area contributed by atoms with Gasteiger partial charge >= 0.3 is 0 Å². The van der Waals surface area contributed by atoms with Crippen molar-refractivity contribution >= 4 is 23.5 Å². The van der Waals surface area contributed by atoms with Crippen LogP contribution in [0.25, 0.3) is 5.69 Å². The molecule has 0 fully saturated rings. The number of hydrogen-bond acceptors (Lipinski definition) is 7. The molecule has 0 aliphatic rings. The summed E-state index contributed by atoms with van der Waals surface area (Å²) >= 11 is 1.23. The van der Waals surface area contributed by atoms with E-state index < -0.39 is 0 Å². The highest BCUT2D eigenvalue weighted by Crippen LogP contribution is 2.28. The van der Waals surface area contributed by atoms with Gasteiger partial charge in [-0.1, -0.05) is 29.5 Å². The van der Waals surface area contributed by atoms with Crippen LogP contribution in [0, 0.1) is 39.0 Å². The molecule has 0 bridgehead atoms. The van der Waals surface area contributed by atoms with E-state index in [1.54, 1.807) is 17.0 Å². The lowest BCUT2D eigenvalue weighted by Crippen LogP contribution is -2.19. The maximum absolute atomic E-state index is 12.9. The van der Waals surface area contributed by atoms with Crippen molar-refractivity contribution in [2.24, 2.45) is 0 Å². The molecule has 4 rings (SSSR count). The second-order valence-corrected chi connectivity index (χ2v) is 8.65. The second kappa shape index (κ2) is 9.34. The average Bonchev–Trinajstić information content (AvgIpc) is 3.51. The fourth-order valence-corrected chi connectivity index (χ4v) is 4.33. The molecule has 9 nitrogen and oxygen atoms in total. The monoisotopic (exact) mass is 461 g/mol. The molecule has 33 heavy (non-hydrogen) atoms. The quantitative estimate of drug-likeness (QED) is 0.415. The Labute approximate surface area is 195 Å². The molecule has 0 saturated carbocycles. The summed E-state index contributed by atoms with van der Waals surface area (Å²) in [6.45, 7) is 8.22. The Morgan fingerprint density at radius 2 is 2.06 bits per heavy atom. The number of carbonyl (C=O) groups is 1. The molecule has 10 heteroatoms. The molecule has 1 amide bonds. The molecule has 0 aliphatic carbocycles. The highest BCUT2D eigenvalue weighted by Gasteiger charge is 2.21. The van der Waals surface area contributed by atoms with Crippen LogP contribution in [0.2, 0.25) is 0 Å². The third kappa shape index (κ3) is 4.54. The second-order valence-electron chi connectivity index (χ2n) is 7.71. The van der Waals surface area contributed by atoms with E-state index in [9.17, 15) is 10.1 Å². The number of carbonyl (C=O) groups excluding carboxylic acids is 1. The van der Waals surface area contributed by atoms with Crippen molar-refractivity contribution in [3.8, 4) is 11.8 Å². The summed E-state index contributed by atoms with van der Waals surface area (Å²) < 4.78 is 8.97. The van der Waals surface area contributed by atoms with Crippen molar-refractivity contribution in [1.29, 1.82) is 5.26 Å². The smallest absolute Gasteiger partial charge is 0.235 e. The minimum Gasteiger partial charge on any atom is -0.467 e. The molecule has 4 aromatic rings. The van der Waals surface area contributed by atoms with Crippen LogP contribution in [0.1, 0.15) is 33.7 Å². The van der Waals surface area contributed by atoms with Crippen LogP contribution in [-0.4, -0.2) is 36.4 Å². The molecule has 3 aromatic heterocycles. The van der Waals surface area contributed by atoms with Gasteiger partial charge in [-0.15, -0.1) is 5.10 Å². The number of furan rings is 1. The maximum Gasteiger partial charge on any atom is 0.235 e. The molecular weight excluding hydrogens is 438 g/mol. The fourth-order valence-electron chi connectivity index (χ4n) is 3.65. The predicted molar refractivity (Wildman–Crippen MR) is 124 cm³/mol. The fraction of sp³-hybridized carbons (Fsp3) is 0.261. The minimum absolute atomic E-state index is 0.0835. The first-order chi connectivity index (χ1) is 15.9. The number of nitriles is 1. The Morgan fingerprint density at radius 3 is 2.76 bits per heavy atom. The van der Waals surface area contributed by atoms with Gasteiger partial charge in [-0.25, -0.2) is 0 Å². The number of amides is 1. The Hall–Kier alpha value is -3.84. The molecule has 0 atom stereocenters. The summed E-state index contributed by atoms with van der Waals surface area (Å²) in [5.41, 5.74) is 5.20. The van der Waals surface area contributed by atoms with Crippen molar-refractivity contribution < 1.29 is 9.21 Å². The Bertz CT molecular complexity index is 1350. The average molecular weight is 462 g/mol. The van der Waals surface area contributed by atoms with E-state index in [1.807, 2.05) is 50.5 Å². The molecule has 0 unspecified atom stereocenters. The van der Waals surface area contributed by atoms with Gasteiger partial charge in [0.15, 0.2) is 0 Å². The Morgan fingerprint density at radius 1 is 1.24 bits per heavy atom. The molecule has 1 N–H and O–H groups in total. The molecule has 168 valence electrons. The predicted octanol–water partition coefficient (Wildman–Crippen LogP) is 3.94. The molecule has 0 spiro atoms. The van der Waals surface area contributed by atoms with Gasteiger partial charge in [0, 0.05) is 5.69 Å². The van der Waals surface area contributed by atoms with E-state index in [-0.39, 0.29) is 11.7 Å². The van der Waals surface area contributed by atoms with E-state index >= 15 is 0 Å². The first kappa shape index (κ1) is 22.4. The zero-order chi connectivity index (χ0) is 23.5. The summed E-state index contributed by atoms with van der Waals surface area (Å²) in [6, 6.07) is 11.9. The summed E-state index contributed by atoms with van der Waals surface area (Å²) in [5.74, 6) is 1.02. The van der Waals surface area contributed by atoms with Gasteiger partial charge in [0.2, 0.25) is 11.1 Å². The van der Waals surface area contributed by atoms with E-state index in [4.69, 9.17) is 4.42 Å². The zero-order valence-electron chi connectivity index (χ0n) is 18.8. The third-order valence-corrected chi connectivity index (χ3v) is 6.37. The number of aromatic nitrogens is 5. The van der Waals surface area contributed by atoms with Gasteiger partial charge in [0.25, 0.3) is 0 Å².